The average Bonchev–Trinajstić information content (AvgIpc) is 3.22. The van der Waals surface area contributed by atoms with Crippen LogP contribution in [0, 0.1) is 0 Å². The molecule has 0 amide bonds. The van der Waals surface area contributed by atoms with E-state index in [1.54, 1.807) is 17.6 Å². The van der Waals surface area contributed by atoms with Crippen molar-refractivity contribution in [2.24, 2.45) is 4.99 Å². The zero-order valence-corrected chi connectivity index (χ0v) is 23.6. The van der Waals surface area contributed by atoms with Crippen molar-refractivity contribution in [1.29, 1.82) is 0 Å². The van der Waals surface area contributed by atoms with E-state index in [4.69, 9.17) is 21.1 Å². The first kappa shape index (κ1) is 26.2. The molecule has 1 aliphatic heterocycles. The summed E-state index contributed by atoms with van der Waals surface area (Å²) in [6.45, 7) is 2.10. The van der Waals surface area contributed by atoms with Gasteiger partial charge in [0.15, 0.2) is 4.80 Å². The third-order valence-corrected chi connectivity index (χ3v) is 7.84. The highest BCUT2D eigenvalue weighted by Gasteiger charge is 2.32. The quantitative estimate of drug-likeness (QED) is 0.275. The first-order valence-electron chi connectivity index (χ1n) is 11.7. The van der Waals surface area contributed by atoms with Crippen molar-refractivity contribution in [3.05, 3.63) is 130 Å². The van der Waals surface area contributed by atoms with Crippen LogP contribution in [0.5, 0.6) is 5.75 Å². The van der Waals surface area contributed by atoms with Gasteiger partial charge in [0, 0.05) is 15.1 Å². The van der Waals surface area contributed by atoms with Crippen LogP contribution in [0.3, 0.4) is 0 Å². The van der Waals surface area contributed by atoms with Crippen LogP contribution in [0.15, 0.2) is 98.3 Å². The van der Waals surface area contributed by atoms with Crippen molar-refractivity contribution in [1.82, 2.24) is 4.57 Å². The molecule has 192 valence electrons. The van der Waals surface area contributed by atoms with Crippen LogP contribution in [0.1, 0.15) is 29.7 Å². The highest BCUT2D eigenvalue weighted by Crippen LogP contribution is 2.30. The number of hydrogen-bond donors (Lipinski definition) is 0. The van der Waals surface area contributed by atoms with Gasteiger partial charge in [-0.1, -0.05) is 81.3 Å². The summed E-state index contributed by atoms with van der Waals surface area (Å²) in [5.74, 6) is 0.110. The molecule has 0 aliphatic carbocycles. The Morgan fingerprint density at radius 3 is 2.58 bits per heavy atom. The van der Waals surface area contributed by atoms with Crippen LogP contribution in [0.25, 0.3) is 6.08 Å². The first-order valence-corrected chi connectivity index (χ1v) is 13.7. The summed E-state index contributed by atoms with van der Waals surface area (Å²) in [6.07, 6.45) is 1.80. The fourth-order valence-electron chi connectivity index (χ4n) is 4.29. The molecule has 9 heteroatoms. The van der Waals surface area contributed by atoms with Gasteiger partial charge in [0.2, 0.25) is 0 Å². The van der Waals surface area contributed by atoms with Gasteiger partial charge in [0.25, 0.3) is 5.56 Å². The smallest absolute Gasteiger partial charge is 0.338 e. The highest BCUT2D eigenvalue weighted by molar-refractivity contribution is 9.10. The predicted molar refractivity (Wildman–Crippen MR) is 152 cm³/mol. The lowest BCUT2D eigenvalue weighted by molar-refractivity contribution is -0.136. The number of nitrogens with zero attached hydrogens (tertiary/aromatic N) is 2. The number of methoxy groups -OCH3 is 1. The summed E-state index contributed by atoms with van der Waals surface area (Å²) < 4.78 is 14.1. The molecule has 0 bridgehead atoms. The van der Waals surface area contributed by atoms with Crippen LogP contribution < -0.4 is 19.6 Å². The van der Waals surface area contributed by atoms with E-state index in [1.165, 1.54) is 18.4 Å². The number of benzene rings is 3. The summed E-state index contributed by atoms with van der Waals surface area (Å²) in [4.78, 5) is 31.7. The van der Waals surface area contributed by atoms with E-state index in [-0.39, 0.29) is 5.56 Å². The zero-order valence-electron chi connectivity index (χ0n) is 20.5. The maximum Gasteiger partial charge on any atom is 0.338 e. The number of fused-ring (bicyclic) bond motifs is 1. The van der Waals surface area contributed by atoms with Crippen molar-refractivity contribution < 1.29 is 14.3 Å². The van der Waals surface area contributed by atoms with E-state index in [0.717, 1.165) is 21.2 Å². The van der Waals surface area contributed by atoms with E-state index < -0.39 is 12.0 Å². The Hall–Kier alpha value is -3.46. The summed E-state index contributed by atoms with van der Waals surface area (Å²) >= 11 is 10.8. The normalized spacial score (nSPS) is 15.2. The van der Waals surface area contributed by atoms with Crippen LogP contribution in [0.4, 0.5) is 0 Å². The number of ether oxygens (including phenoxy) is 2. The van der Waals surface area contributed by atoms with Gasteiger partial charge in [-0.25, -0.2) is 9.79 Å². The second kappa shape index (κ2) is 11.1. The lowest BCUT2D eigenvalue weighted by Crippen LogP contribution is -2.39. The van der Waals surface area contributed by atoms with E-state index >= 15 is 0 Å². The van der Waals surface area contributed by atoms with Gasteiger partial charge in [-0.15, -0.1) is 0 Å². The molecule has 5 rings (SSSR count). The molecule has 2 heterocycles. The van der Waals surface area contributed by atoms with Crippen molar-refractivity contribution >= 4 is 50.9 Å². The SMILES string of the molecule is COC(=O)C1=C(C)N=c2sc(=Cc3cc(Br)ccc3OCc3ccc(Cl)cc3)c(=O)n2C1c1ccccc1. The standard InChI is InChI=1S/C29H22BrClN2O4S/c1-17-25(28(35)36-2)26(19-6-4-3-5-7-19)33-27(34)24(38-29(33)32-17)15-20-14-21(30)10-13-23(20)37-16-18-8-11-22(31)12-9-18/h3-15,26H,16H2,1-2H3. The fraction of sp³-hybridized carbons (Fsp3) is 0.138. The predicted octanol–water partition coefficient (Wildman–Crippen LogP) is 5.40. The van der Waals surface area contributed by atoms with Crippen molar-refractivity contribution in [3.8, 4) is 5.75 Å². The number of carbonyl (C=O) groups is 1. The summed E-state index contributed by atoms with van der Waals surface area (Å²) in [6, 6.07) is 21.9. The number of carbonyl (C=O) groups excluding carboxylic acids is 1. The third-order valence-electron chi connectivity index (χ3n) is 6.11. The minimum Gasteiger partial charge on any atom is -0.488 e. The van der Waals surface area contributed by atoms with Gasteiger partial charge < -0.3 is 9.47 Å². The molecule has 0 spiro atoms. The highest BCUT2D eigenvalue weighted by atomic mass is 79.9. The third kappa shape index (κ3) is 5.25. The molecule has 1 atom stereocenters. The van der Waals surface area contributed by atoms with E-state index in [1.807, 2.05) is 72.8 Å². The second-order valence-corrected chi connectivity index (χ2v) is 10.9. The zero-order chi connectivity index (χ0) is 26.8. The Morgan fingerprint density at radius 2 is 1.87 bits per heavy atom. The topological polar surface area (TPSA) is 69.9 Å². The molecule has 0 fully saturated rings. The van der Waals surface area contributed by atoms with Crippen LogP contribution in [-0.2, 0) is 16.1 Å². The molecule has 0 radical (unpaired) electrons. The van der Waals surface area contributed by atoms with Crippen molar-refractivity contribution in [2.75, 3.05) is 7.11 Å². The summed E-state index contributed by atoms with van der Waals surface area (Å²) in [5, 5.41) is 0.660. The molecule has 6 nitrogen and oxygen atoms in total. The number of rotatable bonds is 6. The van der Waals surface area contributed by atoms with Crippen LogP contribution >= 0.6 is 38.9 Å². The maximum absolute atomic E-state index is 13.8. The van der Waals surface area contributed by atoms with Gasteiger partial charge in [0.1, 0.15) is 12.4 Å². The van der Waals surface area contributed by atoms with Crippen molar-refractivity contribution in [2.45, 2.75) is 19.6 Å². The molecule has 1 aromatic heterocycles. The lowest BCUT2D eigenvalue weighted by Gasteiger charge is -2.24. The minimum absolute atomic E-state index is 0.250. The Balaban J connectivity index is 1.61. The van der Waals surface area contributed by atoms with Gasteiger partial charge in [-0.2, -0.15) is 0 Å². The molecular formula is C29H22BrClN2O4S. The number of halogens is 2. The molecule has 1 unspecified atom stereocenters. The average molecular weight is 610 g/mol. The molecule has 0 N–H and O–H groups in total. The molecule has 0 saturated carbocycles. The molecule has 3 aromatic carbocycles. The van der Waals surface area contributed by atoms with Gasteiger partial charge in [-0.05, 0) is 54.5 Å². The maximum atomic E-state index is 13.8. The number of hydrogen-bond acceptors (Lipinski definition) is 6. The van der Waals surface area contributed by atoms with Crippen LogP contribution in [-0.4, -0.2) is 17.6 Å². The molecule has 0 saturated heterocycles. The van der Waals surface area contributed by atoms with E-state index in [9.17, 15) is 9.59 Å². The molecular weight excluding hydrogens is 588 g/mol. The minimum atomic E-state index is -0.648. The monoisotopic (exact) mass is 608 g/mol. The Kier molecular flexibility index (Phi) is 7.65. The van der Waals surface area contributed by atoms with Crippen molar-refractivity contribution in [3.63, 3.8) is 0 Å². The summed E-state index contributed by atoms with van der Waals surface area (Å²) in [5.41, 5.74) is 3.11. The number of aromatic nitrogens is 1. The fourth-order valence-corrected chi connectivity index (χ4v) is 5.83. The molecule has 1 aliphatic rings. The molecule has 38 heavy (non-hydrogen) atoms. The first-order chi connectivity index (χ1) is 18.4. The van der Waals surface area contributed by atoms with Gasteiger partial charge in [0.05, 0.1) is 29.0 Å². The van der Waals surface area contributed by atoms with E-state index in [2.05, 4.69) is 20.9 Å². The Bertz CT molecular complexity index is 1730. The van der Waals surface area contributed by atoms with E-state index in [0.29, 0.717) is 38.0 Å². The number of allylic oxidation sites excluding steroid dienone is 1. The van der Waals surface area contributed by atoms with Gasteiger partial charge >= 0.3 is 5.97 Å². The number of thiazole rings is 1. The lowest BCUT2D eigenvalue weighted by atomic mass is 9.96. The Morgan fingerprint density at radius 1 is 1.13 bits per heavy atom. The largest absolute Gasteiger partial charge is 0.488 e. The summed E-state index contributed by atoms with van der Waals surface area (Å²) in [7, 11) is 1.33. The van der Waals surface area contributed by atoms with Gasteiger partial charge in [-0.3, -0.25) is 9.36 Å². The second-order valence-electron chi connectivity index (χ2n) is 8.58. The number of esters is 1. The molecule has 4 aromatic rings. The van der Waals surface area contributed by atoms with Crippen LogP contribution in [0.2, 0.25) is 5.02 Å². The Labute approximate surface area is 236 Å².